The highest BCUT2D eigenvalue weighted by Crippen LogP contribution is 2.27. The zero-order valence-electron chi connectivity index (χ0n) is 15.4. The summed E-state index contributed by atoms with van der Waals surface area (Å²) in [5, 5.41) is 0.512. The lowest BCUT2D eigenvalue weighted by atomic mass is 10.0. The third-order valence-corrected chi connectivity index (χ3v) is 4.37. The summed E-state index contributed by atoms with van der Waals surface area (Å²) >= 11 is 6.04. The maximum Gasteiger partial charge on any atom is 0.330 e. The Morgan fingerprint density at radius 3 is 2.15 bits per heavy atom. The minimum Gasteiger partial charge on any atom is -0.458 e. The van der Waals surface area contributed by atoms with Crippen LogP contribution in [0.4, 0.5) is 0 Å². The highest BCUT2D eigenvalue weighted by atomic mass is 35.5. The number of ether oxygens (including phenoxy) is 1. The Kier molecular flexibility index (Phi) is 5.07. The highest BCUT2D eigenvalue weighted by molar-refractivity contribution is 6.30. The van der Waals surface area contributed by atoms with Gasteiger partial charge in [0.1, 0.15) is 11.6 Å². The molecule has 1 aliphatic heterocycles. The first-order chi connectivity index (χ1) is 12.7. The van der Waals surface area contributed by atoms with E-state index in [1.54, 1.807) is 69.3 Å². The minimum atomic E-state index is -1.07. The Labute approximate surface area is 162 Å². The number of hydrogen-bond donors (Lipinski definition) is 0. The fourth-order valence-electron chi connectivity index (χ4n) is 3.03. The summed E-state index contributed by atoms with van der Waals surface area (Å²) < 4.78 is 5.49. The number of halogens is 1. The summed E-state index contributed by atoms with van der Waals surface area (Å²) in [6.45, 7) is 5.22. The summed E-state index contributed by atoms with van der Waals surface area (Å²) in [5.74, 6) is -1.61. The van der Waals surface area contributed by atoms with E-state index >= 15 is 0 Å². The monoisotopic (exact) mass is 385 g/mol. The van der Waals surface area contributed by atoms with Crippen molar-refractivity contribution in [2.45, 2.75) is 38.8 Å². The molecule has 0 radical (unpaired) electrons. The lowest BCUT2D eigenvalue weighted by Crippen LogP contribution is -2.48. The maximum absolute atomic E-state index is 12.9. The van der Waals surface area contributed by atoms with Gasteiger partial charge in [0.15, 0.2) is 0 Å². The average Bonchev–Trinajstić information content (AvgIpc) is 2.83. The summed E-state index contributed by atoms with van der Waals surface area (Å²) in [6, 6.07) is 12.4. The van der Waals surface area contributed by atoms with Gasteiger partial charge in [0.25, 0.3) is 11.8 Å². The highest BCUT2D eigenvalue weighted by Gasteiger charge is 2.44. The summed E-state index contributed by atoms with van der Waals surface area (Å²) in [5.41, 5.74) is 0.571. The first-order valence-electron chi connectivity index (χ1n) is 8.61. The van der Waals surface area contributed by atoms with Gasteiger partial charge >= 0.3 is 5.97 Å². The van der Waals surface area contributed by atoms with E-state index in [1.165, 1.54) is 0 Å². The molecule has 0 bridgehead atoms. The molecule has 2 aromatic rings. The number of amides is 2. The zero-order valence-corrected chi connectivity index (χ0v) is 16.1. The van der Waals surface area contributed by atoms with Gasteiger partial charge in [-0.25, -0.2) is 4.79 Å². The lowest BCUT2D eigenvalue weighted by Gasteiger charge is -2.28. The molecule has 0 unspecified atom stereocenters. The van der Waals surface area contributed by atoms with Gasteiger partial charge in [0, 0.05) is 11.4 Å². The first kappa shape index (κ1) is 19.1. The largest absolute Gasteiger partial charge is 0.458 e. The van der Waals surface area contributed by atoms with Crippen LogP contribution in [0.1, 0.15) is 47.1 Å². The van der Waals surface area contributed by atoms with E-state index in [0.717, 1.165) is 10.5 Å². The molecule has 0 saturated heterocycles. The molecule has 5 nitrogen and oxygen atoms in total. The molecule has 0 fully saturated rings. The van der Waals surface area contributed by atoms with Gasteiger partial charge in [-0.2, -0.15) is 0 Å². The molecule has 2 amide bonds. The van der Waals surface area contributed by atoms with E-state index in [4.69, 9.17) is 16.3 Å². The van der Waals surface area contributed by atoms with E-state index < -0.39 is 29.4 Å². The molecule has 140 valence electrons. The third-order valence-electron chi connectivity index (χ3n) is 4.13. The summed E-state index contributed by atoms with van der Waals surface area (Å²) in [4.78, 5) is 39.6. The first-order valence-corrected chi connectivity index (χ1v) is 8.99. The molecule has 1 heterocycles. The van der Waals surface area contributed by atoms with Crippen molar-refractivity contribution >= 4 is 29.4 Å². The molecule has 0 saturated carbocycles. The van der Waals surface area contributed by atoms with E-state index in [1.807, 2.05) is 0 Å². The fourth-order valence-corrected chi connectivity index (χ4v) is 3.24. The van der Waals surface area contributed by atoms with Crippen LogP contribution in [0.5, 0.6) is 0 Å². The molecule has 0 N–H and O–H groups in total. The Balaban J connectivity index is 1.98. The van der Waals surface area contributed by atoms with Crippen LogP contribution >= 0.6 is 11.6 Å². The molecule has 1 aliphatic rings. The van der Waals surface area contributed by atoms with Crippen molar-refractivity contribution in [3.63, 3.8) is 0 Å². The molecule has 1 atom stereocenters. The predicted octanol–water partition coefficient (Wildman–Crippen LogP) is 3.89. The second kappa shape index (κ2) is 7.16. The molecule has 27 heavy (non-hydrogen) atoms. The Bertz CT molecular complexity index is 881. The Hall–Kier alpha value is -2.66. The number of carbonyl (C=O) groups excluding carboxylic acids is 3. The molecule has 3 rings (SSSR count). The topological polar surface area (TPSA) is 63.7 Å². The third kappa shape index (κ3) is 4.03. The van der Waals surface area contributed by atoms with Crippen molar-refractivity contribution in [3.05, 3.63) is 70.2 Å². The van der Waals surface area contributed by atoms with Crippen molar-refractivity contribution in [3.8, 4) is 0 Å². The maximum atomic E-state index is 12.9. The molecule has 0 spiro atoms. The minimum absolute atomic E-state index is 0.126. The molecule has 2 aromatic carbocycles. The fraction of sp³-hybridized carbons (Fsp3) is 0.286. The van der Waals surface area contributed by atoms with Gasteiger partial charge < -0.3 is 4.74 Å². The number of benzene rings is 2. The van der Waals surface area contributed by atoms with Gasteiger partial charge in [-0.1, -0.05) is 35.9 Å². The van der Waals surface area contributed by atoms with Gasteiger partial charge in [-0.3, -0.25) is 14.5 Å². The lowest BCUT2D eigenvalue weighted by molar-refractivity contribution is -0.159. The van der Waals surface area contributed by atoms with Crippen LogP contribution in [-0.4, -0.2) is 34.3 Å². The summed E-state index contributed by atoms with van der Waals surface area (Å²) in [6.07, 6.45) is 0.126. The van der Waals surface area contributed by atoms with Gasteiger partial charge in [-0.05, 0) is 50.6 Å². The van der Waals surface area contributed by atoms with Crippen molar-refractivity contribution in [1.29, 1.82) is 0 Å². The normalized spacial score (nSPS) is 14.9. The van der Waals surface area contributed by atoms with Crippen LogP contribution in [0.2, 0.25) is 5.02 Å². The van der Waals surface area contributed by atoms with Crippen molar-refractivity contribution in [2.75, 3.05) is 0 Å². The van der Waals surface area contributed by atoms with E-state index in [2.05, 4.69) is 0 Å². The molecule has 0 aromatic heterocycles. The Morgan fingerprint density at radius 1 is 1.04 bits per heavy atom. The quantitative estimate of drug-likeness (QED) is 0.591. The SMILES string of the molecule is CC(C)(C)OC(=O)[C@H](Cc1cccc(Cl)c1)N1C(=O)c2ccccc2C1=O. The number of fused-ring (bicyclic) bond motifs is 1. The molecular weight excluding hydrogens is 366 g/mol. The molecule has 0 aliphatic carbocycles. The average molecular weight is 386 g/mol. The number of nitrogens with zero attached hydrogens (tertiary/aromatic N) is 1. The second-order valence-corrected chi connectivity index (χ2v) is 7.85. The van der Waals surface area contributed by atoms with E-state index in [9.17, 15) is 14.4 Å². The van der Waals surface area contributed by atoms with Crippen molar-refractivity contribution in [1.82, 2.24) is 4.90 Å². The van der Waals surface area contributed by atoms with E-state index in [0.29, 0.717) is 16.1 Å². The Morgan fingerprint density at radius 2 is 1.63 bits per heavy atom. The number of esters is 1. The number of imide groups is 1. The molecular formula is C21H20ClNO4. The van der Waals surface area contributed by atoms with Crippen LogP contribution in [0.15, 0.2) is 48.5 Å². The van der Waals surface area contributed by atoms with Crippen LogP contribution in [0, 0.1) is 0 Å². The predicted molar refractivity (Wildman–Crippen MR) is 102 cm³/mol. The number of rotatable bonds is 4. The van der Waals surface area contributed by atoms with Crippen LogP contribution in [-0.2, 0) is 16.0 Å². The van der Waals surface area contributed by atoms with Crippen LogP contribution in [0.3, 0.4) is 0 Å². The standard InChI is InChI=1S/C21H20ClNO4/c1-21(2,3)27-20(26)17(12-13-7-6-8-14(22)11-13)23-18(24)15-9-4-5-10-16(15)19(23)25/h4-11,17H,12H2,1-3H3/t17-/m0/s1. The zero-order chi connectivity index (χ0) is 19.8. The van der Waals surface area contributed by atoms with Crippen molar-refractivity contribution in [2.24, 2.45) is 0 Å². The van der Waals surface area contributed by atoms with Crippen LogP contribution < -0.4 is 0 Å². The van der Waals surface area contributed by atoms with Gasteiger partial charge in [0.2, 0.25) is 0 Å². The van der Waals surface area contributed by atoms with E-state index in [-0.39, 0.29) is 6.42 Å². The smallest absolute Gasteiger partial charge is 0.330 e. The van der Waals surface area contributed by atoms with Gasteiger partial charge in [-0.15, -0.1) is 0 Å². The van der Waals surface area contributed by atoms with Crippen molar-refractivity contribution < 1.29 is 19.1 Å². The van der Waals surface area contributed by atoms with Crippen LogP contribution in [0.25, 0.3) is 0 Å². The van der Waals surface area contributed by atoms with Gasteiger partial charge in [0.05, 0.1) is 11.1 Å². The number of carbonyl (C=O) groups is 3. The molecule has 6 heteroatoms. The second-order valence-electron chi connectivity index (χ2n) is 7.41. The number of hydrogen-bond acceptors (Lipinski definition) is 4. The summed E-state index contributed by atoms with van der Waals surface area (Å²) in [7, 11) is 0.